The quantitative estimate of drug-likeness (QED) is 0.397. The van der Waals surface area contributed by atoms with E-state index in [1.807, 2.05) is 6.92 Å². The minimum atomic E-state index is 0.312. The highest BCUT2D eigenvalue weighted by Gasteiger charge is 2.31. The number of aromatic hydroxyl groups is 2. The summed E-state index contributed by atoms with van der Waals surface area (Å²) in [6.45, 7) is 10.6. The van der Waals surface area contributed by atoms with Crippen LogP contribution in [0.4, 0.5) is 0 Å². The maximum atomic E-state index is 10.7. The molecule has 23 heavy (non-hydrogen) atoms. The average Bonchev–Trinajstić information content (AvgIpc) is 2.64. The smallest absolute Gasteiger partial charge is 0.122 e. The molecule has 0 bridgehead atoms. The third-order valence-corrected chi connectivity index (χ3v) is 5.43. The van der Waals surface area contributed by atoms with E-state index in [1.54, 1.807) is 6.07 Å². The van der Waals surface area contributed by atoms with Gasteiger partial charge in [-0.1, -0.05) is 31.9 Å². The molecule has 2 heteroatoms. The Kier molecular flexibility index (Phi) is 5.78. The third-order valence-electron chi connectivity index (χ3n) is 5.43. The van der Waals surface area contributed by atoms with Crippen molar-refractivity contribution in [2.75, 3.05) is 0 Å². The summed E-state index contributed by atoms with van der Waals surface area (Å²) in [5.41, 5.74) is 4.17. The van der Waals surface area contributed by atoms with E-state index >= 15 is 0 Å². The Morgan fingerprint density at radius 1 is 1.26 bits per heavy atom. The monoisotopic (exact) mass is 316 g/mol. The van der Waals surface area contributed by atoms with E-state index in [0.29, 0.717) is 29.3 Å². The summed E-state index contributed by atoms with van der Waals surface area (Å²) >= 11 is 0. The van der Waals surface area contributed by atoms with Crippen molar-refractivity contribution in [1.29, 1.82) is 0 Å². The molecule has 1 aliphatic rings. The van der Waals surface area contributed by atoms with Gasteiger partial charge in [0.25, 0.3) is 0 Å². The van der Waals surface area contributed by atoms with Crippen LogP contribution in [-0.4, -0.2) is 10.2 Å². The number of hydrogen-bond donors (Lipinski definition) is 2. The fourth-order valence-corrected chi connectivity index (χ4v) is 4.06. The molecule has 1 aromatic carbocycles. The summed E-state index contributed by atoms with van der Waals surface area (Å²) in [6.07, 6.45) is 7.85. The highest BCUT2D eigenvalue weighted by Crippen LogP contribution is 2.49. The summed E-state index contributed by atoms with van der Waals surface area (Å²) < 4.78 is 0. The van der Waals surface area contributed by atoms with Crippen LogP contribution in [-0.2, 0) is 0 Å². The van der Waals surface area contributed by atoms with E-state index in [-0.39, 0.29) is 0 Å². The number of benzene rings is 1. The van der Waals surface area contributed by atoms with Gasteiger partial charge in [-0.15, -0.1) is 0 Å². The van der Waals surface area contributed by atoms with E-state index in [1.165, 1.54) is 5.57 Å². The molecule has 1 aromatic rings. The van der Waals surface area contributed by atoms with Crippen molar-refractivity contribution in [3.63, 3.8) is 0 Å². The standard InChI is InChI=1S/C21H32O2/c1-13(2)8-6-9-14(3)17-11-7-10-15(4)19-18(22)12-16(5)21(23)20(17)19/h8,12,14-15,17,22-23H,6-7,9-11H2,1-5H3/t14-,15-,17+/m0/s1. The van der Waals surface area contributed by atoms with Crippen LogP contribution >= 0.6 is 0 Å². The summed E-state index contributed by atoms with van der Waals surface area (Å²) in [6, 6.07) is 1.72. The molecule has 2 nitrogen and oxygen atoms in total. The van der Waals surface area contributed by atoms with Crippen molar-refractivity contribution >= 4 is 0 Å². The number of fused-ring (bicyclic) bond motifs is 1. The Morgan fingerprint density at radius 2 is 1.96 bits per heavy atom. The number of rotatable bonds is 4. The van der Waals surface area contributed by atoms with E-state index in [9.17, 15) is 10.2 Å². The Bertz CT molecular complexity index is 582. The van der Waals surface area contributed by atoms with E-state index in [2.05, 4.69) is 33.8 Å². The van der Waals surface area contributed by atoms with Gasteiger partial charge in [0.1, 0.15) is 11.5 Å². The molecule has 0 radical (unpaired) electrons. The lowest BCUT2D eigenvalue weighted by molar-refractivity contribution is 0.382. The molecule has 0 saturated heterocycles. The molecule has 0 fully saturated rings. The minimum Gasteiger partial charge on any atom is -0.508 e. The second-order valence-corrected chi connectivity index (χ2v) is 7.66. The van der Waals surface area contributed by atoms with Gasteiger partial charge in [-0.25, -0.2) is 0 Å². The molecule has 0 aliphatic heterocycles. The first-order valence-corrected chi connectivity index (χ1v) is 9.01. The molecule has 2 N–H and O–H groups in total. The molecule has 128 valence electrons. The summed E-state index contributed by atoms with van der Waals surface area (Å²) in [5, 5.41) is 21.2. The predicted molar refractivity (Wildman–Crippen MR) is 97.3 cm³/mol. The van der Waals surface area contributed by atoms with Gasteiger partial charge in [0, 0.05) is 11.1 Å². The fraction of sp³-hybridized carbons (Fsp3) is 0.619. The summed E-state index contributed by atoms with van der Waals surface area (Å²) in [7, 11) is 0. The lowest BCUT2D eigenvalue weighted by Crippen LogP contribution is -2.12. The first-order valence-electron chi connectivity index (χ1n) is 9.01. The van der Waals surface area contributed by atoms with Gasteiger partial charge in [-0.05, 0) is 75.8 Å². The zero-order chi connectivity index (χ0) is 17.1. The van der Waals surface area contributed by atoms with E-state index in [4.69, 9.17) is 0 Å². The van der Waals surface area contributed by atoms with Crippen LogP contribution < -0.4 is 0 Å². The maximum Gasteiger partial charge on any atom is 0.122 e. The van der Waals surface area contributed by atoms with Crippen LogP contribution in [0.15, 0.2) is 17.7 Å². The zero-order valence-corrected chi connectivity index (χ0v) is 15.3. The van der Waals surface area contributed by atoms with Crippen LogP contribution in [0.5, 0.6) is 11.5 Å². The van der Waals surface area contributed by atoms with Crippen LogP contribution in [0.3, 0.4) is 0 Å². The highest BCUT2D eigenvalue weighted by atomic mass is 16.3. The van der Waals surface area contributed by atoms with Gasteiger partial charge < -0.3 is 10.2 Å². The molecule has 0 spiro atoms. The van der Waals surface area contributed by atoms with Crippen LogP contribution in [0.25, 0.3) is 0 Å². The Morgan fingerprint density at radius 3 is 2.61 bits per heavy atom. The Labute approximate surface area is 141 Å². The van der Waals surface area contributed by atoms with E-state index < -0.39 is 0 Å². The van der Waals surface area contributed by atoms with Crippen molar-refractivity contribution in [2.45, 2.75) is 78.6 Å². The second kappa shape index (κ2) is 7.42. The van der Waals surface area contributed by atoms with Crippen molar-refractivity contribution in [3.8, 4) is 11.5 Å². The third kappa shape index (κ3) is 3.91. The number of hydrogen-bond acceptors (Lipinski definition) is 2. The first kappa shape index (κ1) is 17.9. The van der Waals surface area contributed by atoms with Gasteiger partial charge in [-0.3, -0.25) is 0 Å². The van der Waals surface area contributed by atoms with Crippen LogP contribution in [0, 0.1) is 12.8 Å². The molecule has 1 aliphatic carbocycles. The van der Waals surface area contributed by atoms with Crippen molar-refractivity contribution in [2.24, 2.45) is 5.92 Å². The van der Waals surface area contributed by atoms with Crippen LogP contribution in [0.2, 0.25) is 0 Å². The SMILES string of the molecule is CC(C)=CCC[C@H](C)[C@H]1CCC[C@H](C)c2c(O)cc(C)c(O)c21. The lowest BCUT2D eigenvalue weighted by atomic mass is 9.78. The van der Waals surface area contributed by atoms with Gasteiger partial charge in [0.2, 0.25) is 0 Å². The van der Waals surface area contributed by atoms with Crippen molar-refractivity contribution in [3.05, 3.63) is 34.4 Å². The zero-order valence-electron chi connectivity index (χ0n) is 15.3. The summed E-state index contributed by atoms with van der Waals surface area (Å²) in [5.74, 6) is 1.93. The molecule has 3 atom stereocenters. The maximum absolute atomic E-state index is 10.7. The first-order chi connectivity index (χ1) is 10.8. The second-order valence-electron chi connectivity index (χ2n) is 7.66. The van der Waals surface area contributed by atoms with Crippen LogP contribution in [0.1, 0.15) is 88.3 Å². The van der Waals surface area contributed by atoms with Gasteiger partial charge in [0.05, 0.1) is 0 Å². The van der Waals surface area contributed by atoms with Crippen molar-refractivity contribution in [1.82, 2.24) is 0 Å². The predicted octanol–water partition coefficient (Wildman–Crippen LogP) is 6.16. The normalized spacial score (nSPS) is 22.1. The molecule has 2 rings (SSSR count). The fourth-order valence-electron chi connectivity index (χ4n) is 4.06. The summed E-state index contributed by atoms with van der Waals surface area (Å²) in [4.78, 5) is 0. The number of phenolic OH excluding ortho intramolecular Hbond substituents is 2. The molecular formula is C21H32O2. The number of phenols is 2. The minimum absolute atomic E-state index is 0.312. The number of aryl methyl sites for hydroxylation is 1. The Hall–Kier alpha value is -1.44. The molecule has 0 amide bonds. The largest absolute Gasteiger partial charge is 0.508 e. The lowest BCUT2D eigenvalue weighted by Gasteiger charge is -2.27. The molecule has 0 aromatic heterocycles. The topological polar surface area (TPSA) is 40.5 Å². The molecule has 0 saturated carbocycles. The number of allylic oxidation sites excluding steroid dienone is 2. The molecular weight excluding hydrogens is 284 g/mol. The van der Waals surface area contributed by atoms with Gasteiger partial charge >= 0.3 is 0 Å². The molecule has 0 heterocycles. The highest BCUT2D eigenvalue weighted by molar-refractivity contribution is 5.55. The Balaban J connectivity index is 2.39. The van der Waals surface area contributed by atoms with Gasteiger partial charge in [-0.2, -0.15) is 0 Å². The van der Waals surface area contributed by atoms with E-state index in [0.717, 1.165) is 48.8 Å². The average molecular weight is 316 g/mol. The molecule has 0 unspecified atom stereocenters. The van der Waals surface area contributed by atoms with Crippen molar-refractivity contribution < 1.29 is 10.2 Å². The van der Waals surface area contributed by atoms with Gasteiger partial charge in [0.15, 0.2) is 0 Å².